The first-order chi connectivity index (χ1) is 14.1. The normalized spacial score (nSPS) is 12.8. The average Bonchev–Trinajstić information content (AvgIpc) is 2.99. The summed E-state index contributed by atoms with van der Waals surface area (Å²) in [4.78, 5) is 47.1. The van der Waals surface area contributed by atoms with Gasteiger partial charge < -0.3 is 4.74 Å². The Morgan fingerprint density at radius 1 is 0.966 bits per heavy atom. The second-order valence-electron chi connectivity index (χ2n) is 6.43. The third-order valence-electron chi connectivity index (χ3n) is 4.57. The first-order valence-corrected chi connectivity index (χ1v) is 9.12. The first kappa shape index (κ1) is 18.5. The van der Waals surface area contributed by atoms with E-state index in [1.165, 1.54) is 0 Å². The molecule has 1 aliphatic heterocycles. The maximum absolute atomic E-state index is 12.7. The third kappa shape index (κ3) is 3.50. The molecule has 1 aliphatic rings. The fraction of sp³-hybridized carbons (Fsp3) is 0.136. The SMILES string of the molecule is CCOC(=O)c1cc(-c2ccncc2)cc(CN2C(=O)c3ccccc3C2=O)n1. The number of amides is 2. The number of carbonyl (C=O) groups excluding carboxylic acids is 3. The maximum Gasteiger partial charge on any atom is 0.356 e. The second kappa shape index (κ2) is 7.63. The fourth-order valence-corrected chi connectivity index (χ4v) is 3.23. The number of benzene rings is 1. The van der Waals surface area contributed by atoms with E-state index in [1.807, 2.05) is 0 Å². The molecule has 4 rings (SSSR count). The zero-order chi connectivity index (χ0) is 20.4. The Balaban J connectivity index is 1.72. The van der Waals surface area contributed by atoms with E-state index in [1.54, 1.807) is 67.8 Å². The van der Waals surface area contributed by atoms with Gasteiger partial charge in [0.15, 0.2) is 0 Å². The van der Waals surface area contributed by atoms with Crippen LogP contribution >= 0.6 is 0 Å². The fourth-order valence-electron chi connectivity index (χ4n) is 3.23. The lowest BCUT2D eigenvalue weighted by Crippen LogP contribution is -2.29. The zero-order valence-corrected chi connectivity index (χ0v) is 15.7. The van der Waals surface area contributed by atoms with Crippen molar-refractivity contribution in [1.82, 2.24) is 14.9 Å². The summed E-state index contributed by atoms with van der Waals surface area (Å²) in [6.45, 7) is 1.88. The summed E-state index contributed by atoms with van der Waals surface area (Å²) in [5.41, 5.74) is 2.82. The topological polar surface area (TPSA) is 89.5 Å². The lowest BCUT2D eigenvalue weighted by molar-refractivity contribution is 0.0519. The van der Waals surface area contributed by atoms with Crippen molar-refractivity contribution in [2.75, 3.05) is 6.61 Å². The summed E-state index contributed by atoms with van der Waals surface area (Å²) in [6, 6.07) is 13.7. The average molecular weight is 387 g/mol. The summed E-state index contributed by atoms with van der Waals surface area (Å²) < 4.78 is 5.08. The molecule has 0 aliphatic carbocycles. The quantitative estimate of drug-likeness (QED) is 0.494. The van der Waals surface area contributed by atoms with Crippen LogP contribution in [0.1, 0.15) is 43.8 Å². The molecule has 2 amide bonds. The number of pyridine rings is 2. The standard InChI is InChI=1S/C22H17N3O4/c1-2-29-22(28)19-12-15(14-7-9-23-10-8-14)11-16(24-19)13-25-20(26)17-5-3-4-6-18(17)21(25)27/h3-12H,2,13H2,1H3. The van der Waals surface area contributed by atoms with E-state index in [2.05, 4.69) is 9.97 Å². The van der Waals surface area contributed by atoms with Crippen LogP contribution in [-0.4, -0.2) is 39.3 Å². The molecule has 0 saturated carbocycles. The van der Waals surface area contributed by atoms with Crippen molar-refractivity contribution < 1.29 is 19.1 Å². The molecule has 0 atom stereocenters. The highest BCUT2D eigenvalue weighted by Crippen LogP contribution is 2.26. The van der Waals surface area contributed by atoms with Gasteiger partial charge in [0.2, 0.25) is 0 Å². The maximum atomic E-state index is 12.7. The van der Waals surface area contributed by atoms with Gasteiger partial charge in [0, 0.05) is 12.4 Å². The molecule has 0 saturated heterocycles. The van der Waals surface area contributed by atoms with Crippen LogP contribution in [0.15, 0.2) is 60.9 Å². The molecule has 144 valence electrons. The van der Waals surface area contributed by atoms with Gasteiger partial charge in [-0.25, -0.2) is 9.78 Å². The van der Waals surface area contributed by atoms with Gasteiger partial charge in [-0.3, -0.25) is 19.5 Å². The molecule has 0 unspecified atom stereocenters. The summed E-state index contributed by atoms with van der Waals surface area (Å²) in [5.74, 6) is -1.31. The van der Waals surface area contributed by atoms with Crippen LogP contribution in [0.3, 0.4) is 0 Å². The number of carbonyl (C=O) groups is 3. The van der Waals surface area contributed by atoms with Crippen LogP contribution in [0, 0.1) is 0 Å². The van der Waals surface area contributed by atoms with Crippen LogP contribution < -0.4 is 0 Å². The summed E-state index contributed by atoms with van der Waals surface area (Å²) >= 11 is 0. The molecular formula is C22H17N3O4. The minimum absolute atomic E-state index is 0.0440. The highest BCUT2D eigenvalue weighted by molar-refractivity contribution is 6.21. The zero-order valence-electron chi connectivity index (χ0n) is 15.7. The van der Waals surface area contributed by atoms with Gasteiger partial charge in [0.05, 0.1) is 30.0 Å². The monoisotopic (exact) mass is 387 g/mol. The molecule has 0 fully saturated rings. The molecule has 0 spiro atoms. The molecule has 0 radical (unpaired) electrons. The largest absolute Gasteiger partial charge is 0.461 e. The summed E-state index contributed by atoms with van der Waals surface area (Å²) in [6.07, 6.45) is 3.28. The Labute approximate surface area is 167 Å². The van der Waals surface area contributed by atoms with Crippen molar-refractivity contribution in [1.29, 1.82) is 0 Å². The van der Waals surface area contributed by atoms with E-state index in [0.29, 0.717) is 16.8 Å². The first-order valence-electron chi connectivity index (χ1n) is 9.12. The van der Waals surface area contributed by atoms with Gasteiger partial charge >= 0.3 is 5.97 Å². The van der Waals surface area contributed by atoms with Crippen LogP contribution in [0.5, 0.6) is 0 Å². The predicted molar refractivity (Wildman–Crippen MR) is 104 cm³/mol. The minimum atomic E-state index is -0.563. The van der Waals surface area contributed by atoms with Gasteiger partial charge in [0.1, 0.15) is 5.69 Å². The van der Waals surface area contributed by atoms with Crippen molar-refractivity contribution in [2.24, 2.45) is 0 Å². The van der Waals surface area contributed by atoms with E-state index < -0.39 is 5.97 Å². The molecule has 2 aromatic heterocycles. The van der Waals surface area contributed by atoms with Gasteiger partial charge in [-0.1, -0.05) is 12.1 Å². The molecule has 1 aromatic carbocycles. The smallest absolute Gasteiger partial charge is 0.356 e. The summed E-state index contributed by atoms with van der Waals surface area (Å²) in [7, 11) is 0. The minimum Gasteiger partial charge on any atom is -0.461 e. The van der Waals surface area contributed by atoms with E-state index in [4.69, 9.17) is 4.74 Å². The van der Waals surface area contributed by atoms with Crippen molar-refractivity contribution in [3.05, 3.63) is 83.4 Å². The van der Waals surface area contributed by atoms with Gasteiger partial charge in [0.25, 0.3) is 11.8 Å². The van der Waals surface area contributed by atoms with Crippen LogP contribution in [0.4, 0.5) is 0 Å². The van der Waals surface area contributed by atoms with Crippen LogP contribution in [0.2, 0.25) is 0 Å². The lowest BCUT2D eigenvalue weighted by atomic mass is 10.1. The number of rotatable bonds is 5. The van der Waals surface area contributed by atoms with Gasteiger partial charge in [-0.2, -0.15) is 0 Å². The van der Waals surface area contributed by atoms with Crippen molar-refractivity contribution in [2.45, 2.75) is 13.5 Å². The Hall–Kier alpha value is -3.87. The van der Waals surface area contributed by atoms with Crippen LogP contribution in [-0.2, 0) is 11.3 Å². The number of hydrogen-bond acceptors (Lipinski definition) is 6. The van der Waals surface area contributed by atoms with E-state index in [-0.39, 0.29) is 30.7 Å². The highest BCUT2D eigenvalue weighted by Gasteiger charge is 2.35. The molecular weight excluding hydrogens is 370 g/mol. The molecule has 0 bridgehead atoms. The number of aromatic nitrogens is 2. The molecule has 3 aromatic rings. The summed E-state index contributed by atoms with van der Waals surface area (Å²) in [5, 5.41) is 0. The number of esters is 1. The molecule has 7 nitrogen and oxygen atoms in total. The second-order valence-corrected chi connectivity index (χ2v) is 6.43. The van der Waals surface area contributed by atoms with Gasteiger partial charge in [-0.15, -0.1) is 0 Å². The Morgan fingerprint density at radius 3 is 2.24 bits per heavy atom. The Bertz CT molecular complexity index is 1080. The van der Waals surface area contributed by atoms with E-state index in [9.17, 15) is 14.4 Å². The van der Waals surface area contributed by atoms with Crippen LogP contribution in [0.25, 0.3) is 11.1 Å². The van der Waals surface area contributed by atoms with E-state index in [0.717, 1.165) is 16.0 Å². The van der Waals surface area contributed by atoms with Crippen molar-refractivity contribution in [3.63, 3.8) is 0 Å². The third-order valence-corrected chi connectivity index (χ3v) is 4.57. The van der Waals surface area contributed by atoms with E-state index >= 15 is 0 Å². The van der Waals surface area contributed by atoms with Gasteiger partial charge in [-0.05, 0) is 54.4 Å². The molecule has 29 heavy (non-hydrogen) atoms. The predicted octanol–water partition coefficient (Wildman–Crippen LogP) is 3.12. The molecule has 7 heteroatoms. The highest BCUT2D eigenvalue weighted by atomic mass is 16.5. The Morgan fingerprint density at radius 2 is 1.62 bits per heavy atom. The lowest BCUT2D eigenvalue weighted by Gasteiger charge is -2.15. The van der Waals surface area contributed by atoms with Crippen molar-refractivity contribution >= 4 is 17.8 Å². The number of imide groups is 1. The number of nitrogens with zero attached hydrogens (tertiary/aromatic N) is 3. The Kier molecular flexibility index (Phi) is 4.87. The number of fused-ring (bicyclic) bond motifs is 1. The van der Waals surface area contributed by atoms with Crippen molar-refractivity contribution in [3.8, 4) is 11.1 Å². The number of hydrogen-bond donors (Lipinski definition) is 0. The molecule has 3 heterocycles. The number of ether oxygens (including phenoxy) is 1. The molecule has 0 N–H and O–H groups in total.